The fourth-order valence-corrected chi connectivity index (χ4v) is 4.29. The summed E-state index contributed by atoms with van der Waals surface area (Å²) in [6.07, 6.45) is 8.55. The number of nitrogens with zero attached hydrogens (tertiary/aromatic N) is 2. The van der Waals surface area contributed by atoms with Crippen molar-refractivity contribution < 1.29 is 4.79 Å². The molecule has 1 amide bonds. The van der Waals surface area contributed by atoms with E-state index in [1.807, 2.05) is 23.8 Å². The molecule has 1 N–H and O–H groups in total. The van der Waals surface area contributed by atoms with E-state index in [0.717, 1.165) is 17.3 Å². The maximum atomic E-state index is 12.6. The molecule has 1 aromatic heterocycles. The number of hydrogen-bond donors (Lipinski definition) is 1. The Hall–Kier alpha value is -1.75. The Morgan fingerprint density at radius 2 is 2.16 bits per heavy atom. The first-order chi connectivity index (χ1) is 12.0. The molecule has 1 fully saturated rings. The van der Waals surface area contributed by atoms with E-state index in [0.29, 0.717) is 12.0 Å². The van der Waals surface area contributed by atoms with Gasteiger partial charge in [-0.2, -0.15) is 0 Å². The lowest BCUT2D eigenvalue weighted by Gasteiger charge is -2.30. The Balaban J connectivity index is 1.66. The highest BCUT2D eigenvalue weighted by atomic mass is 32.2. The quantitative estimate of drug-likeness (QED) is 0.809. The third-order valence-electron chi connectivity index (χ3n) is 4.98. The number of carbonyl (C=O) groups is 1. The molecule has 5 heteroatoms. The van der Waals surface area contributed by atoms with Crippen LogP contribution in [0, 0.1) is 12.8 Å². The summed E-state index contributed by atoms with van der Waals surface area (Å²) in [6, 6.07) is 8.63. The van der Waals surface area contributed by atoms with Crippen LogP contribution in [-0.2, 0) is 4.79 Å². The van der Waals surface area contributed by atoms with Crippen molar-refractivity contribution in [2.24, 2.45) is 5.92 Å². The highest BCUT2D eigenvalue weighted by Crippen LogP contribution is 2.27. The van der Waals surface area contributed by atoms with Gasteiger partial charge in [-0.1, -0.05) is 43.7 Å². The molecule has 3 rings (SSSR count). The molecule has 0 radical (unpaired) electrons. The fourth-order valence-electron chi connectivity index (χ4n) is 3.39. The largest absolute Gasteiger partial charge is 0.352 e. The molecule has 1 aromatic carbocycles. The van der Waals surface area contributed by atoms with Gasteiger partial charge in [0.25, 0.3) is 0 Å². The van der Waals surface area contributed by atoms with Gasteiger partial charge >= 0.3 is 0 Å². The number of carbonyl (C=O) groups excluding carboxylic acids is 1. The molecule has 1 aliphatic carbocycles. The first-order valence-corrected chi connectivity index (χ1v) is 10.00. The standard InChI is InChI=1S/C20H27N3OS/c1-14-7-6-9-17(13-14)23-12-11-21-20(23)25-16(3)19(24)22-18-10-5-4-8-15(18)2/h6-7,9,11-13,15-16,18H,4-5,8,10H2,1-3H3,(H,22,24)/t15-,16+,18-/m0/s1. The van der Waals surface area contributed by atoms with Crippen molar-refractivity contribution in [1.82, 2.24) is 14.9 Å². The summed E-state index contributed by atoms with van der Waals surface area (Å²) in [7, 11) is 0. The number of amides is 1. The maximum Gasteiger partial charge on any atom is 0.233 e. The van der Waals surface area contributed by atoms with E-state index in [1.165, 1.54) is 36.6 Å². The number of rotatable bonds is 5. The smallest absolute Gasteiger partial charge is 0.233 e. The lowest BCUT2D eigenvalue weighted by Crippen LogP contribution is -2.44. The molecule has 2 aromatic rings. The third-order valence-corrected chi connectivity index (χ3v) is 6.06. The van der Waals surface area contributed by atoms with Gasteiger partial charge in [0, 0.05) is 24.1 Å². The van der Waals surface area contributed by atoms with Crippen molar-refractivity contribution in [2.45, 2.75) is 62.9 Å². The van der Waals surface area contributed by atoms with Gasteiger partial charge in [0.05, 0.1) is 5.25 Å². The number of hydrogen-bond acceptors (Lipinski definition) is 3. The van der Waals surface area contributed by atoms with Gasteiger partial charge in [0.15, 0.2) is 5.16 Å². The van der Waals surface area contributed by atoms with Crippen molar-refractivity contribution in [2.75, 3.05) is 0 Å². The average molecular weight is 358 g/mol. The van der Waals surface area contributed by atoms with Crippen molar-refractivity contribution in [1.29, 1.82) is 0 Å². The molecular formula is C20H27N3OS. The zero-order valence-corrected chi connectivity index (χ0v) is 16.1. The molecule has 0 saturated heterocycles. The number of thioether (sulfide) groups is 1. The van der Waals surface area contributed by atoms with E-state index in [4.69, 9.17) is 0 Å². The Morgan fingerprint density at radius 3 is 2.92 bits per heavy atom. The summed E-state index contributed by atoms with van der Waals surface area (Å²) >= 11 is 1.52. The molecule has 3 atom stereocenters. The minimum absolute atomic E-state index is 0.113. The van der Waals surface area contributed by atoms with E-state index < -0.39 is 0 Å². The first kappa shape index (κ1) is 18.1. The second kappa shape index (κ2) is 8.09. The van der Waals surface area contributed by atoms with E-state index in [-0.39, 0.29) is 11.2 Å². The second-order valence-corrected chi connectivity index (χ2v) is 8.36. The van der Waals surface area contributed by atoms with Crippen LogP contribution in [0.5, 0.6) is 0 Å². The van der Waals surface area contributed by atoms with Crippen molar-refractivity contribution in [3.05, 3.63) is 42.2 Å². The summed E-state index contributed by atoms with van der Waals surface area (Å²) in [4.78, 5) is 17.1. The van der Waals surface area contributed by atoms with Crippen molar-refractivity contribution in [3.8, 4) is 5.69 Å². The van der Waals surface area contributed by atoms with Crippen LogP contribution in [0.25, 0.3) is 5.69 Å². The van der Waals surface area contributed by atoms with Gasteiger partial charge in [0.2, 0.25) is 5.91 Å². The molecule has 1 aliphatic rings. The second-order valence-electron chi connectivity index (χ2n) is 7.06. The lowest BCUT2D eigenvalue weighted by atomic mass is 9.86. The van der Waals surface area contributed by atoms with Gasteiger partial charge in [-0.3, -0.25) is 9.36 Å². The number of aryl methyl sites for hydroxylation is 1. The zero-order valence-electron chi connectivity index (χ0n) is 15.2. The lowest BCUT2D eigenvalue weighted by molar-refractivity contribution is -0.121. The number of nitrogens with one attached hydrogen (secondary N) is 1. The van der Waals surface area contributed by atoms with E-state index >= 15 is 0 Å². The van der Waals surface area contributed by atoms with Gasteiger partial charge < -0.3 is 5.32 Å². The minimum Gasteiger partial charge on any atom is -0.352 e. The average Bonchev–Trinajstić information content (AvgIpc) is 3.05. The van der Waals surface area contributed by atoms with Gasteiger partial charge in [0.1, 0.15) is 0 Å². The number of imidazole rings is 1. The summed E-state index contributed by atoms with van der Waals surface area (Å²) in [5, 5.41) is 3.94. The number of benzene rings is 1. The van der Waals surface area contributed by atoms with Crippen LogP contribution in [-0.4, -0.2) is 26.8 Å². The molecule has 25 heavy (non-hydrogen) atoms. The normalized spacial score (nSPS) is 21.7. The van der Waals surface area contributed by atoms with Gasteiger partial charge in [-0.25, -0.2) is 4.98 Å². The Bertz CT molecular complexity index is 727. The molecule has 1 saturated carbocycles. The molecular weight excluding hydrogens is 330 g/mol. The molecule has 0 aliphatic heterocycles. The van der Waals surface area contributed by atoms with Crippen LogP contribution < -0.4 is 5.32 Å². The van der Waals surface area contributed by atoms with Crippen LogP contribution in [0.1, 0.15) is 45.1 Å². The molecule has 0 unspecified atom stereocenters. The minimum atomic E-state index is -0.167. The highest BCUT2D eigenvalue weighted by Gasteiger charge is 2.25. The van der Waals surface area contributed by atoms with Gasteiger partial charge in [-0.15, -0.1) is 0 Å². The SMILES string of the molecule is Cc1cccc(-n2ccnc2S[C@H](C)C(=O)N[C@H]2CCCC[C@@H]2C)c1. The molecule has 134 valence electrons. The zero-order chi connectivity index (χ0) is 17.8. The van der Waals surface area contributed by atoms with Crippen LogP contribution in [0.2, 0.25) is 0 Å². The first-order valence-electron chi connectivity index (χ1n) is 9.12. The van der Waals surface area contributed by atoms with E-state index in [9.17, 15) is 4.79 Å². The monoisotopic (exact) mass is 357 g/mol. The summed E-state index contributed by atoms with van der Waals surface area (Å²) in [5.41, 5.74) is 2.28. The predicted molar refractivity (Wildman–Crippen MR) is 103 cm³/mol. The molecule has 0 bridgehead atoms. The van der Waals surface area contributed by atoms with Crippen LogP contribution >= 0.6 is 11.8 Å². The molecule has 0 spiro atoms. The van der Waals surface area contributed by atoms with Crippen molar-refractivity contribution in [3.63, 3.8) is 0 Å². The number of aromatic nitrogens is 2. The fraction of sp³-hybridized carbons (Fsp3) is 0.500. The van der Waals surface area contributed by atoms with Crippen molar-refractivity contribution >= 4 is 17.7 Å². The Labute approximate surface area is 154 Å². The Kier molecular flexibility index (Phi) is 5.84. The third kappa shape index (κ3) is 4.46. The maximum absolute atomic E-state index is 12.6. The van der Waals surface area contributed by atoms with Crippen LogP contribution in [0.4, 0.5) is 0 Å². The van der Waals surface area contributed by atoms with Gasteiger partial charge in [-0.05, 0) is 50.3 Å². The topological polar surface area (TPSA) is 46.9 Å². The van der Waals surface area contributed by atoms with E-state index in [1.54, 1.807) is 6.20 Å². The van der Waals surface area contributed by atoms with E-state index in [2.05, 4.69) is 42.3 Å². The molecule has 4 nitrogen and oxygen atoms in total. The summed E-state index contributed by atoms with van der Waals surface area (Å²) in [6.45, 7) is 6.28. The highest BCUT2D eigenvalue weighted by molar-refractivity contribution is 8.00. The van der Waals surface area contributed by atoms with Crippen LogP contribution in [0.15, 0.2) is 41.8 Å². The predicted octanol–water partition coefficient (Wildman–Crippen LogP) is 4.36. The van der Waals surface area contributed by atoms with Crippen LogP contribution in [0.3, 0.4) is 0 Å². The summed E-state index contributed by atoms with van der Waals surface area (Å²) in [5.74, 6) is 0.687. The Morgan fingerprint density at radius 1 is 1.36 bits per heavy atom. The summed E-state index contributed by atoms with van der Waals surface area (Å²) < 4.78 is 2.05. The molecule has 1 heterocycles.